The number of hydrogen-bond acceptors (Lipinski definition) is 5. The maximum Gasteiger partial charge on any atom is 0.263 e. The van der Waals surface area contributed by atoms with Gasteiger partial charge in [-0.05, 0) is 35.9 Å². The molecule has 9 heteroatoms. The molecule has 2 N–H and O–H groups in total. The standard InChI is InChI=1S/C22H21N3O4S2/c1-15(16-8-4-3-5-9-16)22-18-14-17(12-13-19(18)23-24-22)25-31(28,29)21-11-7-6-10-20(21)30(2,26)27/h3-15,25H,1-2H3,(H,23,24). The predicted octanol–water partition coefficient (Wildman–Crippen LogP) is 3.92. The van der Waals surface area contributed by atoms with E-state index in [0.29, 0.717) is 11.2 Å². The van der Waals surface area contributed by atoms with Gasteiger partial charge in [0.25, 0.3) is 10.0 Å². The van der Waals surface area contributed by atoms with Gasteiger partial charge in [-0.3, -0.25) is 9.82 Å². The molecule has 0 radical (unpaired) electrons. The molecule has 1 heterocycles. The first-order chi connectivity index (χ1) is 14.7. The number of anilines is 1. The predicted molar refractivity (Wildman–Crippen MR) is 120 cm³/mol. The summed E-state index contributed by atoms with van der Waals surface area (Å²) in [5.41, 5.74) is 2.98. The third-order valence-corrected chi connectivity index (χ3v) is 7.83. The molecule has 3 aromatic carbocycles. The van der Waals surface area contributed by atoms with Crippen molar-refractivity contribution in [2.75, 3.05) is 11.0 Å². The van der Waals surface area contributed by atoms with Crippen LogP contribution in [0.4, 0.5) is 5.69 Å². The molecule has 0 aliphatic carbocycles. The van der Waals surface area contributed by atoms with Gasteiger partial charge in [-0.1, -0.05) is 49.4 Å². The molecule has 0 bridgehead atoms. The lowest BCUT2D eigenvalue weighted by atomic mass is 9.95. The monoisotopic (exact) mass is 455 g/mol. The molecule has 160 valence electrons. The van der Waals surface area contributed by atoms with Crippen LogP contribution in [0.2, 0.25) is 0 Å². The van der Waals surface area contributed by atoms with Crippen LogP contribution in [-0.2, 0) is 19.9 Å². The van der Waals surface area contributed by atoms with Crippen LogP contribution in [0, 0.1) is 0 Å². The first-order valence-electron chi connectivity index (χ1n) is 9.52. The van der Waals surface area contributed by atoms with Gasteiger partial charge >= 0.3 is 0 Å². The Hall–Kier alpha value is -3.17. The van der Waals surface area contributed by atoms with Crippen LogP contribution in [0.15, 0.2) is 82.6 Å². The molecule has 1 unspecified atom stereocenters. The number of sulfonamides is 1. The van der Waals surface area contributed by atoms with Crippen molar-refractivity contribution in [3.05, 3.63) is 84.1 Å². The molecule has 0 saturated carbocycles. The van der Waals surface area contributed by atoms with Crippen molar-refractivity contribution in [2.45, 2.75) is 22.6 Å². The summed E-state index contributed by atoms with van der Waals surface area (Å²) in [7, 11) is -7.84. The fraction of sp³-hybridized carbons (Fsp3) is 0.136. The van der Waals surface area contributed by atoms with Crippen LogP contribution >= 0.6 is 0 Å². The Bertz CT molecular complexity index is 1460. The summed E-state index contributed by atoms with van der Waals surface area (Å²) in [6.45, 7) is 2.04. The quantitative estimate of drug-likeness (QED) is 0.458. The Labute approximate surface area is 181 Å². The number of hydrogen-bond donors (Lipinski definition) is 2. The van der Waals surface area contributed by atoms with Crippen molar-refractivity contribution in [2.24, 2.45) is 0 Å². The fourth-order valence-electron chi connectivity index (χ4n) is 3.52. The highest BCUT2D eigenvalue weighted by Gasteiger charge is 2.24. The third-order valence-electron chi connectivity index (χ3n) is 5.11. The van der Waals surface area contributed by atoms with Gasteiger partial charge in [-0.15, -0.1) is 0 Å². The minimum atomic E-state index is -4.12. The molecule has 0 aliphatic rings. The molecule has 0 saturated heterocycles. The number of rotatable bonds is 6. The average Bonchev–Trinajstić information content (AvgIpc) is 3.16. The fourth-order valence-corrected chi connectivity index (χ4v) is 6.20. The number of aromatic amines is 1. The normalized spacial score (nSPS) is 13.2. The molecular formula is C22H21N3O4S2. The molecule has 0 amide bonds. The number of benzene rings is 3. The van der Waals surface area contributed by atoms with Crippen molar-refractivity contribution in [3.63, 3.8) is 0 Å². The van der Waals surface area contributed by atoms with Crippen molar-refractivity contribution < 1.29 is 16.8 Å². The van der Waals surface area contributed by atoms with Crippen molar-refractivity contribution >= 4 is 36.5 Å². The van der Waals surface area contributed by atoms with Gasteiger partial charge in [0.15, 0.2) is 9.84 Å². The smallest absolute Gasteiger partial charge is 0.263 e. The van der Waals surface area contributed by atoms with Gasteiger partial charge in [0.1, 0.15) is 4.90 Å². The van der Waals surface area contributed by atoms with Gasteiger partial charge < -0.3 is 0 Å². The van der Waals surface area contributed by atoms with E-state index in [-0.39, 0.29) is 15.7 Å². The average molecular weight is 456 g/mol. The number of nitrogens with one attached hydrogen (secondary N) is 2. The van der Waals surface area contributed by atoms with Gasteiger partial charge in [0.05, 0.1) is 16.1 Å². The lowest BCUT2D eigenvalue weighted by Gasteiger charge is -2.13. The van der Waals surface area contributed by atoms with Crippen molar-refractivity contribution in [1.82, 2.24) is 10.2 Å². The maximum absolute atomic E-state index is 13.0. The highest BCUT2D eigenvalue weighted by molar-refractivity contribution is 7.95. The number of aromatic nitrogens is 2. The van der Waals surface area contributed by atoms with E-state index in [1.807, 2.05) is 37.3 Å². The molecule has 0 aliphatic heterocycles. The highest BCUT2D eigenvalue weighted by Crippen LogP contribution is 2.31. The Morgan fingerprint density at radius 1 is 0.871 bits per heavy atom. The molecule has 0 fully saturated rings. The topological polar surface area (TPSA) is 109 Å². The molecule has 4 aromatic rings. The second-order valence-electron chi connectivity index (χ2n) is 7.33. The number of H-pyrrole nitrogens is 1. The van der Waals surface area contributed by atoms with Crippen molar-refractivity contribution in [3.8, 4) is 0 Å². The molecule has 4 rings (SSSR count). The Morgan fingerprint density at radius 3 is 2.19 bits per heavy atom. The Kier molecular flexibility index (Phi) is 5.32. The summed E-state index contributed by atoms with van der Waals surface area (Å²) in [5.74, 6) is 0.0176. The molecular weight excluding hydrogens is 434 g/mol. The SMILES string of the molecule is CC(c1ccccc1)c1[nH]nc2ccc(NS(=O)(=O)c3ccccc3S(C)(=O)=O)cc12. The van der Waals surface area contributed by atoms with Gasteiger partial charge in [-0.2, -0.15) is 5.10 Å². The summed E-state index contributed by atoms with van der Waals surface area (Å²) >= 11 is 0. The molecule has 7 nitrogen and oxygen atoms in total. The molecule has 0 spiro atoms. The summed E-state index contributed by atoms with van der Waals surface area (Å²) in [4.78, 5) is -0.534. The second-order valence-corrected chi connectivity index (χ2v) is 11.0. The third kappa shape index (κ3) is 4.19. The first kappa shape index (κ1) is 21.1. The van der Waals surface area contributed by atoms with Crippen LogP contribution in [0.25, 0.3) is 10.9 Å². The first-order valence-corrected chi connectivity index (χ1v) is 12.9. The van der Waals surface area contributed by atoms with E-state index < -0.39 is 19.9 Å². The zero-order valence-corrected chi connectivity index (χ0v) is 18.5. The van der Waals surface area contributed by atoms with Gasteiger partial charge in [0.2, 0.25) is 0 Å². The van der Waals surface area contributed by atoms with E-state index in [4.69, 9.17) is 0 Å². The van der Waals surface area contributed by atoms with Gasteiger partial charge in [-0.25, -0.2) is 16.8 Å². The van der Waals surface area contributed by atoms with Crippen LogP contribution in [0.5, 0.6) is 0 Å². The second kappa shape index (κ2) is 7.82. The van der Waals surface area contributed by atoms with Crippen LogP contribution in [0.3, 0.4) is 0 Å². The minimum absolute atomic E-state index is 0.0176. The summed E-state index contributed by atoms with van der Waals surface area (Å²) < 4.78 is 52.6. The minimum Gasteiger partial charge on any atom is -0.281 e. The molecule has 31 heavy (non-hydrogen) atoms. The Balaban J connectivity index is 1.74. The summed E-state index contributed by atoms with van der Waals surface area (Å²) in [6, 6.07) is 20.5. The number of fused-ring (bicyclic) bond motifs is 1. The molecule has 1 aromatic heterocycles. The van der Waals surface area contributed by atoms with E-state index in [2.05, 4.69) is 14.9 Å². The number of sulfone groups is 1. The van der Waals surface area contributed by atoms with Crippen molar-refractivity contribution in [1.29, 1.82) is 0 Å². The zero-order valence-electron chi connectivity index (χ0n) is 16.9. The van der Waals surface area contributed by atoms with Crippen LogP contribution in [0.1, 0.15) is 24.1 Å². The van der Waals surface area contributed by atoms with E-state index in [9.17, 15) is 16.8 Å². The lowest BCUT2D eigenvalue weighted by Crippen LogP contribution is -2.16. The zero-order chi connectivity index (χ0) is 22.2. The van der Waals surface area contributed by atoms with E-state index in [0.717, 1.165) is 22.9 Å². The largest absolute Gasteiger partial charge is 0.281 e. The van der Waals surface area contributed by atoms with E-state index >= 15 is 0 Å². The van der Waals surface area contributed by atoms with Crippen LogP contribution in [-0.4, -0.2) is 33.3 Å². The number of nitrogens with zero attached hydrogens (tertiary/aromatic N) is 1. The highest BCUT2D eigenvalue weighted by atomic mass is 32.2. The summed E-state index contributed by atoms with van der Waals surface area (Å²) in [5, 5.41) is 8.17. The Morgan fingerprint density at radius 2 is 1.52 bits per heavy atom. The van der Waals surface area contributed by atoms with Gasteiger partial charge in [0, 0.05) is 23.2 Å². The molecule has 1 atom stereocenters. The van der Waals surface area contributed by atoms with Crippen LogP contribution < -0.4 is 4.72 Å². The maximum atomic E-state index is 13.0. The van der Waals surface area contributed by atoms with E-state index in [1.165, 1.54) is 24.3 Å². The van der Waals surface area contributed by atoms with E-state index in [1.54, 1.807) is 18.2 Å². The summed E-state index contributed by atoms with van der Waals surface area (Å²) in [6.07, 6.45) is 0.982. The lowest BCUT2D eigenvalue weighted by molar-refractivity contribution is 0.588.